The van der Waals surface area contributed by atoms with Gasteiger partial charge in [0.05, 0.1) is 0 Å². The molecule has 0 amide bonds. The first kappa shape index (κ1) is 8.06. The molecule has 1 rings (SSSR count). The van der Waals surface area contributed by atoms with Crippen molar-refractivity contribution in [3.63, 3.8) is 0 Å². The van der Waals surface area contributed by atoms with E-state index >= 15 is 0 Å². The Kier molecular flexibility index (Phi) is 2.04. The summed E-state index contributed by atoms with van der Waals surface area (Å²) >= 11 is 0. The minimum Gasteiger partial charge on any atom is -0.316 e. The molecule has 1 N–H and O–H groups in total. The van der Waals surface area contributed by atoms with E-state index in [2.05, 4.69) is 33.0 Å². The Hall–Kier alpha value is -0.0400. The first-order valence-electron chi connectivity index (χ1n) is 4.22. The number of hydrogen-bond donors (Lipinski definition) is 1. The first-order valence-corrected chi connectivity index (χ1v) is 4.22. The van der Waals surface area contributed by atoms with Gasteiger partial charge in [0.25, 0.3) is 0 Å². The minimum atomic E-state index is 0.489. The Morgan fingerprint density at radius 3 is 2.00 bits per heavy atom. The summed E-state index contributed by atoms with van der Waals surface area (Å²) < 4.78 is 0. The van der Waals surface area contributed by atoms with Crippen LogP contribution in [0.5, 0.6) is 0 Å². The lowest BCUT2D eigenvalue weighted by molar-refractivity contribution is 0.213. The normalized spacial score (nSPS) is 34.8. The molecule has 1 heteroatoms. The topological polar surface area (TPSA) is 12.0 Å². The second kappa shape index (κ2) is 2.54. The molecule has 0 aromatic rings. The van der Waals surface area contributed by atoms with Crippen LogP contribution in [0.3, 0.4) is 0 Å². The maximum Gasteiger partial charge on any atom is -0.00124 e. The first-order chi connectivity index (χ1) is 4.52. The predicted octanol–water partition coefficient (Wildman–Crippen LogP) is 1.89. The predicted molar refractivity (Wildman–Crippen MR) is 45.0 cm³/mol. The van der Waals surface area contributed by atoms with E-state index in [4.69, 9.17) is 0 Å². The molecule has 60 valence electrons. The molecule has 1 nitrogen and oxygen atoms in total. The van der Waals surface area contributed by atoms with Gasteiger partial charge in [-0.3, -0.25) is 0 Å². The second-order valence-electron chi connectivity index (χ2n) is 4.61. The summed E-state index contributed by atoms with van der Waals surface area (Å²) in [4.78, 5) is 0. The molecule has 0 bridgehead atoms. The molecule has 0 aromatic heterocycles. The quantitative estimate of drug-likeness (QED) is 0.543. The van der Waals surface area contributed by atoms with Crippen molar-refractivity contribution < 1.29 is 0 Å². The summed E-state index contributed by atoms with van der Waals surface area (Å²) in [6, 6.07) is 0. The van der Waals surface area contributed by atoms with Crippen molar-refractivity contribution in [1.82, 2.24) is 5.32 Å². The van der Waals surface area contributed by atoms with Gasteiger partial charge >= 0.3 is 0 Å². The maximum absolute atomic E-state index is 3.43. The number of hydrogen-bond acceptors (Lipinski definition) is 1. The van der Waals surface area contributed by atoms with Crippen LogP contribution in [-0.2, 0) is 0 Å². The summed E-state index contributed by atoms with van der Waals surface area (Å²) in [6.07, 6.45) is 0. The van der Waals surface area contributed by atoms with E-state index in [0.717, 1.165) is 11.8 Å². The summed E-state index contributed by atoms with van der Waals surface area (Å²) in [7, 11) is 0. The van der Waals surface area contributed by atoms with E-state index < -0.39 is 0 Å². The molecular formula is C9H19N. The highest BCUT2D eigenvalue weighted by Gasteiger charge is 2.32. The van der Waals surface area contributed by atoms with Gasteiger partial charge < -0.3 is 5.32 Å². The highest BCUT2D eigenvalue weighted by atomic mass is 14.9. The minimum absolute atomic E-state index is 0.489. The standard InChI is InChI=1S/C9H19N/c1-7-5-10-6-8(7)9(2,3)4/h7-8,10H,5-6H2,1-4H3/t7-,8-/m0/s1. The fourth-order valence-electron chi connectivity index (χ4n) is 1.97. The average Bonchev–Trinajstić information content (AvgIpc) is 2.11. The third-order valence-electron chi connectivity index (χ3n) is 2.63. The number of rotatable bonds is 0. The molecule has 0 aromatic carbocycles. The van der Waals surface area contributed by atoms with Gasteiger partial charge in [-0.15, -0.1) is 0 Å². The average molecular weight is 141 g/mol. The van der Waals surface area contributed by atoms with Crippen LogP contribution in [0.15, 0.2) is 0 Å². The Bertz CT molecular complexity index is 112. The molecule has 1 fully saturated rings. The van der Waals surface area contributed by atoms with E-state index in [0.29, 0.717) is 5.41 Å². The molecule has 1 aliphatic rings. The molecule has 0 aliphatic carbocycles. The van der Waals surface area contributed by atoms with Crippen molar-refractivity contribution >= 4 is 0 Å². The van der Waals surface area contributed by atoms with Gasteiger partial charge in [-0.1, -0.05) is 27.7 Å². The van der Waals surface area contributed by atoms with Crippen LogP contribution in [0.4, 0.5) is 0 Å². The lowest BCUT2D eigenvalue weighted by Gasteiger charge is -2.29. The molecule has 10 heavy (non-hydrogen) atoms. The van der Waals surface area contributed by atoms with Crippen LogP contribution in [0.25, 0.3) is 0 Å². The molecule has 0 saturated carbocycles. The lowest BCUT2D eigenvalue weighted by atomic mass is 9.76. The molecule has 1 aliphatic heterocycles. The van der Waals surface area contributed by atoms with Gasteiger partial charge in [0, 0.05) is 0 Å². The van der Waals surface area contributed by atoms with Crippen molar-refractivity contribution in [2.45, 2.75) is 27.7 Å². The van der Waals surface area contributed by atoms with Gasteiger partial charge in [0.15, 0.2) is 0 Å². The van der Waals surface area contributed by atoms with Crippen molar-refractivity contribution in [3.8, 4) is 0 Å². The summed E-state index contributed by atoms with van der Waals surface area (Å²) in [5.41, 5.74) is 0.489. The van der Waals surface area contributed by atoms with Crippen LogP contribution in [0, 0.1) is 17.3 Å². The van der Waals surface area contributed by atoms with Gasteiger partial charge in [-0.25, -0.2) is 0 Å². The fraction of sp³-hybridized carbons (Fsp3) is 1.00. The van der Waals surface area contributed by atoms with E-state index in [-0.39, 0.29) is 0 Å². The molecule has 1 heterocycles. The van der Waals surface area contributed by atoms with Crippen molar-refractivity contribution in [2.24, 2.45) is 17.3 Å². The van der Waals surface area contributed by atoms with Gasteiger partial charge in [0.2, 0.25) is 0 Å². The molecule has 1 saturated heterocycles. The largest absolute Gasteiger partial charge is 0.316 e. The highest BCUT2D eigenvalue weighted by Crippen LogP contribution is 2.33. The second-order valence-corrected chi connectivity index (χ2v) is 4.61. The molecule has 0 radical (unpaired) electrons. The summed E-state index contributed by atoms with van der Waals surface area (Å²) in [6.45, 7) is 11.8. The zero-order valence-electron chi connectivity index (χ0n) is 7.57. The molecule has 0 unspecified atom stereocenters. The van der Waals surface area contributed by atoms with Crippen LogP contribution in [-0.4, -0.2) is 13.1 Å². The highest BCUT2D eigenvalue weighted by molar-refractivity contribution is 4.85. The third-order valence-corrected chi connectivity index (χ3v) is 2.63. The Balaban J connectivity index is 2.55. The molecular weight excluding hydrogens is 122 g/mol. The Labute approximate surface area is 64.2 Å². The summed E-state index contributed by atoms with van der Waals surface area (Å²) in [5.74, 6) is 1.73. The number of nitrogens with one attached hydrogen (secondary N) is 1. The van der Waals surface area contributed by atoms with Crippen LogP contribution >= 0.6 is 0 Å². The van der Waals surface area contributed by atoms with Gasteiger partial charge in [-0.05, 0) is 30.3 Å². The van der Waals surface area contributed by atoms with E-state index in [9.17, 15) is 0 Å². The lowest BCUT2D eigenvalue weighted by Crippen LogP contribution is -2.26. The smallest absolute Gasteiger partial charge is 0.00124 e. The van der Waals surface area contributed by atoms with Crippen molar-refractivity contribution in [2.75, 3.05) is 13.1 Å². The Morgan fingerprint density at radius 2 is 1.80 bits per heavy atom. The molecule has 2 atom stereocenters. The van der Waals surface area contributed by atoms with E-state index in [1.54, 1.807) is 0 Å². The van der Waals surface area contributed by atoms with Crippen LogP contribution in [0.2, 0.25) is 0 Å². The van der Waals surface area contributed by atoms with Crippen LogP contribution in [0.1, 0.15) is 27.7 Å². The van der Waals surface area contributed by atoms with Gasteiger partial charge in [0.1, 0.15) is 0 Å². The van der Waals surface area contributed by atoms with Crippen molar-refractivity contribution in [1.29, 1.82) is 0 Å². The third kappa shape index (κ3) is 1.51. The fourth-order valence-corrected chi connectivity index (χ4v) is 1.97. The molecule has 0 spiro atoms. The van der Waals surface area contributed by atoms with Gasteiger partial charge in [-0.2, -0.15) is 0 Å². The van der Waals surface area contributed by atoms with Crippen LogP contribution < -0.4 is 5.32 Å². The SMILES string of the molecule is C[C@H]1CNC[C@@H]1C(C)(C)C. The zero-order chi connectivity index (χ0) is 7.78. The Morgan fingerprint density at radius 1 is 1.20 bits per heavy atom. The summed E-state index contributed by atoms with van der Waals surface area (Å²) in [5, 5.41) is 3.43. The van der Waals surface area contributed by atoms with E-state index in [1.807, 2.05) is 0 Å². The van der Waals surface area contributed by atoms with Crippen molar-refractivity contribution in [3.05, 3.63) is 0 Å². The monoisotopic (exact) mass is 141 g/mol. The van der Waals surface area contributed by atoms with E-state index in [1.165, 1.54) is 13.1 Å². The maximum atomic E-state index is 3.43. The zero-order valence-corrected chi connectivity index (χ0v) is 7.57.